The summed E-state index contributed by atoms with van der Waals surface area (Å²) in [6.45, 7) is 8.34. The van der Waals surface area contributed by atoms with Crippen molar-refractivity contribution in [2.45, 2.75) is 33.9 Å². The number of imidazole rings is 1. The van der Waals surface area contributed by atoms with Crippen LogP contribution in [0.3, 0.4) is 0 Å². The number of oxazole rings is 1. The van der Waals surface area contributed by atoms with Crippen molar-refractivity contribution in [3.8, 4) is 0 Å². The molecule has 17 heavy (non-hydrogen) atoms. The molecule has 5 heteroatoms. The lowest BCUT2D eigenvalue weighted by Gasteiger charge is -2.05. The fraction of sp³-hybridized carbons (Fsp3) is 0.500. The van der Waals surface area contributed by atoms with Crippen LogP contribution in [-0.2, 0) is 13.1 Å². The van der Waals surface area contributed by atoms with Crippen molar-refractivity contribution in [2.24, 2.45) is 0 Å². The van der Waals surface area contributed by atoms with Gasteiger partial charge in [-0.25, -0.2) is 9.97 Å². The Hall–Kier alpha value is -1.62. The van der Waals surface area contributed by atoms with E-state index in [1.165, 1.54) is 0 Å². The molecule has 2 rings (SSSR count). The fourth-order valence-corrected chi connectivity index (χ4v) is 1.65. The monoisotopic (exact) mass is 234 g/mol. The lowest BCUT2D eigenvalue weighted by Crippen LogP contribution is -2.19. The Balaban J connectivity index is 1.75. The largest absolute Gasteiger partial charge is 0.444 e. The van der Waals surface area contributed by atoms with Crippen molar-refractivity contribution in [3.63, 3.8) is 0 Å². The Bertz CT molecular complexity index is 467. The summed E-state index contributed by atoms with van der Waals surface area (Å²) in [6.07, 6.45) is 3.80. The number of nitrogens with zero attached hydrogens (tertiary/aromatic N) is 3. The Morgan fingerprint density at radius 2 is 2.18 bits per heavy atom. The van der Waals surface area contributed by atoms with Gasteiger partial charge in [-0.15, -0.1) is 0 Å². The molecule has 0 unspecified atom stereocenters. The van der Waals surface area contributed by atoms with Crippen molar-refractivity contribution in [3.05, 3.63) is 35.6 Å². The summed E-state index contributed by atoms with van der Waals surface area (Å²) in [5, 5.41) is 3.30. The van der Waals surface area contributed by atoms with Gasteiger partial charge in [0.25, 0.3) is 0 Å². The van der Waals surface area contributed by atoms with E-state index in [-0.39, 0.29) is 0 Å². The topological polar surface area (TPSA) is 55.9 Å². The highest BCUT2D eigenvalue weighted by atomic mass is 16.4. The normalized spacial score (nSPS) is 11.0. The Kier molecular flexibility index (Phi) is 3.58. The van der Waals surface area contributed by atoms with E-state index in [1.807, 2.05) is 33.2 Å². The SMILES string of the molecule is Cc1nc(CNCCn2ccnc2C)oc1C. The van der Waals surface area contributed by atoms with E-state index < -0.39 is 0 Å². The first-order valence-electron chi connectivity index (χ1n) is 5.78. The molecule has 0 saturated heterocycles. The molecule has 0 spiro atoms. The summed E-state index contributed by atoms with van der Waals surface area (Å²) >= 11 is 0. The average Bonchev–Trinajstić information content (AvgIpc) is 2.82. The van der Waals surface area contributed by atoms with Gasteiger partial charge in [0.15, 0.2) is 0 Å². The first kappa shape index (κ1) is 11.9. The maximum Gasteiger partial charge on any atom is 0.208 e. The summed E-state index contributed by atoms with van der Waals surface area (Å²) in [5.74, 6) is 2.68. The van der Waals surface area contributed by atoms with Crippen LogP contribution < -0.4 is 5.32 Å². The highest BCUT2D eigenvalue weighted by molar-refractivity contribution is 5.05. The molecule has 2 aromatic heterocycles. The van der Waals surface area contributed by atoms with Crippen molar-refractivity contribution >= 4 is 0 Å². The van der Waals surface area contributed by atoms with Crippen molar-refractivity contribution in [1.29, 1.82) is 0 Å². The molecule has 1 N–H and O–H groups in total. The van der Waals surface area contributed by atoms with E-state index in [9.17, 15) is 0 Å². The molecular weight excluding hydrogens is 216 g/mol. The van der Waals surface area contributed by atoms with Gasteiger partial charge in [0.05, 0.1) is 12.2 Å². The van der Waals surface area contributed by atoms with E-state index in [1.54, 1.807) is 0 Å². The quantitative estimate of drug-likeness (QED) is 0.798. The number of aryl methyl sites for hydroxylation is 3. The summed E-state index contributed by atoms with van der Waals surface area (Å²) in [6, 6.07) is 0. The minimum atomic E-state index is 0.669. The van der Waals surface area contributed by atoms with Crippen LogP contribution >= 0.6 is 0 Å². The Labute approximate surface area is 101 Å². The van der Waals surface area contributed by atoms with Crippen LogP contribution in [-0.4, -0.2) is 21.1 Å². The van der Waals surface area contributed by atoms with Gasteiger partial charge < -0.3 is 14.3 Å². The maximum atomic E-state index is 5.48. The third-order valence-corrected chi connectivity index (χ3v) is 2.80. The second-order valence-corrected chi connectivity index (χ2v) is 4.09. The molecule has 92 valence electrons. The van der Waals surface area contributed by atoms with Crippen LogP contribution in [0.15, 0.2) is 16.8 Å². The summed E-state index contributed by atoms with van der Waals surface area (Å²) in [4.78, 5) is 8.49. The molecule has 0 atom stereocenters. The number of hydrogen-bond acceptors (Lipinski definition) is 4. The van der Waals surface area contributed by atoms with Crippen LogP contribution in [0.4, 0.5) is 0 Å². The molecular formula is C12H18N4O. The van der Waals surface area contributed by atoms with Gasteiger partial charge in [-0.1, -0.05) is 0 Å². The first-order valence-corrected chi connectivity index (χ1v) is 5.78. The average molecular weight is 234 g/mol. The van der Waals surface area contributed by atoms with Gasteiger partial charge in [-0.05, 0) is 20.8 Å². The zero-order valence-corrected chi connectivity index (χ0v) is 10.5. The number of hydrogen-bond donors (Lipinski definition) is 1. The van der Waals surface area contributed by atoms with Gasteiger partial charge in [0.1, 0.15) is 11.6 Å². The lowest BCUT2D eigenvalue weighted by atomic mass is 10.4. The highest BCUT2D eigenvalue weighted by Gasteiger charge is 2.04. The van der Waals surface area contributed by atoms with E-state index in [4.69, 9.17) is 4.42 Å². The van der Waals surface area contributed by atoms with Crippen molar-refractivity contribution in [2.75, 3.05) is 6.54 Å². The maximum absolute atomic E-state index is 5.48. The van der Waals surface area contributed by atoms with Crippen LogP contribution in [0, 0.1) is 20.8 Å². The molecule has 0 aliphatic rings. The third kappa shape index (κ3) is 2.94. The molecule has 0 radical (unpaired) electrons. The second-order valence-electron chi connectivity index (χ2n) is 4.09. The van der Waals surface area contributed by atoms with Crippen LogP contribution in [0.1, 0.15) is 23.2 Å². The predicted molar refractivity (Wildman–Crippen MR) is 64.6 cm³/mol. The molecule has 0 amide bonds. The zero-order valence-electron chi connectivity index (χ0n) is 10.5. The minimum Gasteiger partial charge on any atom is -0.444 e. The van der Waals surface area contributed by atoms with E-state index in [0.29, 0.717) is 6.54 Å². The molecule has 0 saturated carbocycles. The van der Waals surface area contributed by atoms with Crippen molar-refractivity contribution < 1.29 is 4.42 Å². The smallest absolute Gasteiger partial charge is 0.208 e. The fourth-order valence-electron chi connectivity index (χ4n) is 1.65. The minimum absolute atomic E-state index is 0.669. The molecule has 0 aromatic carbocycles. The van der Waals surface area contributed by atoms with E-state index in [2.05, 4.69) is 19.9 Å². The third-order valence-electron chi connectivity index (χ3n) is 2.80. The van der Waals surface area contributed by atoms with Crippen molar-refractivity contribution in [1.82, 2.24) is 19.9 Å². The summed E-state index contributed by atoms with van der Waals surface area (Å²) in [5.41, 5.74) is 0.965. The van der Waals surface area contributed by atoms with Gasteiger partial charge >= 0.3 is 0 Å². The van der Waals surface area contributed by atoms with Gasteiger partial charge in [0, 0.05) is 25.5 Å². The van der Waals surface area contributed by atoms with E-state index in [0.717, 1.165) is 36.3 Å². The van der Waals surface area contributed by atoms with Crippen LogP contribution in [0.2, 0.25) is 0 Å². The molecule has 2 aromatic rings. The standard InChI is InChI=1S/C12H18N4O/c1-9-10(2)17-12(15-9)8-13-4-6-16-7-5-14-11(16)3/h5,7,13H,4,6,8H2,1-3H3. The van der Waals surface area contributed by atoms with E-state index >= 15 is 0 Å². The second kappa shape index (κ2) is 5.14. The Morgan fingerprint density at radius 3 is 2.76 bits per heavy atom. The van der Waals surface area contributed by atoms with Gasteiger partial charge in [-0.2, -0.15) is 0 Å². The molecule has 0 fully saturated rings. The number of rotatable bonds is 5. The lowest BCUT2D eigenvalue weighted by molar-refractivity contribution is 0.444. The number of aromatic nitrogens is 3. The van der Waals surface area contributed by atoms with Crippen LogP contribution in [0.5, 0.6) is 0 Å². The molecule has 0 bridgehead atoms. The highest BCUT2D eigenvalue weighted by Crippen LogP contribution is 2.07. The van der Waals surface area contributed by atoms with Crippen LogP contribution in [0.25, 0.3) is 0 Å². The Morgan fingerprint density at radius 1 is 1.35 bits per heavy atom. The predicted octanol–water partition coefficient (Wildman–Crippen LogP) is 1.59. The van der Waals surface area contributed by atoms with Gasteiger partial charge in [0.2, 0.25) is 5.89 Å². The first-order chi connectivity index (χ1) is 8.16. The molecule has 2 heterocycles. The van der Waals surface area contributed by atoms with Gasteiger partial charge in [-0.3, -0.25) is 0 Å². The molecule has 0 aliphatic carbocycles. The molecule has 5 nitrogen and oxygen atoms in total. The zero-order chi connectivity index (χ0) is 12.3. The number of nitrogens with one attached hydrogen (secondary N) is 1. The molecule has 0 aliphatic heterocycles. The summed E-state index contributed by atoms with van der Waals surface area (Å²) < 4.78 is 7.59. The summed E-state index contributed by atoms with van der Waals surface area (Å²) in [7, 11) is 0.